The monoisotopic (exact) mass is 368 g/mol. The summed E-state index contributed by atoms with van der Waals surface area (Å²) in [6.45, 7) is 3.76. The minimum atomic E-state index is -3.64. The van der Waals surface area contributed by atoms with Crippen LogP contribution >= 0.6 is 15.9 Å². The lowest BCUT2D eigenvalue weighted by atomic mass is 10.1. The van der Waals surface area contributed by atoms with E-state index >= 15 is 0 Å². The van der Waals surface area contributed by atoms with Crippen molar-refractivity contribution in [1.82, 2.24) is 4.72 Å². The van der Waals surface area contributed by atoms with Gasteiger partial charge in [-0.2, -0.15) is 0 Å². The average Bonchev–Trinajstić information content (AvgIpc) is 2.43. The Morgan fingerprint density at radius 2 is 1.62 bits per heavy atom. The van der Waals surface area contributed by atoms with Gasteiger partial charge in [0.2, 0.25) is 10.0 Å². The summed E-state index contributed by atoms with van der Waals surface area (Å²) >= 11 is 3.34. The summed E-state index contributed by atoms with van der Waals surface area (Å²) in [5.74, 6) is 0. The highest BCUT2D eigenvalue weighted by atomic mass is 79.9. The average molecular weight is 369 g/mol. The van der Waals surface area contributed by atoms with Crippen LogP contribution in [0.4, 0.5) is 5.69 Å². The predicted molar refractivity (Wildman–Crippen MR) is 88.5 cm³/mol. The van der Waals surface area contributed by atoms with Gasteiger partial charge >= 0.3 is 0 Å². The van der Waals surface area contributed by atoms with Crippen molar-refractivity contribution >= 4 is 31.6 Å². The fourth-order valence-corrected chi connectivity index (χ4v) is 3.72. The third-order valence-corrected chi connectivity index (χ3v) is 5.39. The smallest absolute Gasteiger partial charge is 0.243 e. The molecule has 0 aliphatic heterocycles. The maximum Gasteiger partial charge on any atom is 0.243 e. The summed E-state index contributed by atoms with van der Waals surface area (Å²) in [6, 6.07) is 11.0. The van der Waals surface area contributed by atoms with Crippen molar-refractivity contribution in [2.75, 3.05) is 5.73 Å². The van der Waals surface area contributed by atoms with Gasteiger partial charge in [-0.05, 0) is 42.7 Å². The maximum absolute atomic E-state index is 12.5. The number of nitrogen functional groups attached to an aromatic ring is 1. The zero-order valence-corrected chi connectivity index (χ0v) is 14.3. The number of benzene rings is 2. The SMILES string of the molecule is Cc1ccc(C)c(S(=O)(=O)NCc2ccc(Br)cc2)c1N. The van der Waals surface area contributed by atoms with Crippen molar-refractivity contribution in [3.63, 3.8) is 0 Å². The van der Waals surface area contributed by atoms with E-state index in [1.807, 2.05) is 30.3 Å². The molecule has 0 spiro atoms. The quantitative estimate of drug-likeness (QED) is 0.814. The van der Waals surface area contributed by atoms with E-state index in [0.29, 0.717) is 11.3 Å². The number of nitrogens with one attached hydrogen (secondary N) is 1. The highest BCUT2D eigenvalue weighted by Crippen LogP contribution is 2.25. The van der Waals surface area contributed by atoms with Crippen molar-refractivity contribution in [1.29, 1.82) is 0 Å². The lowest BCUT2D eigenvalue weighted by Gasteiger charge is -2.13. The van der Waals surface area contributed by atoms with Crippen LogP contribution in [0.25, 0.3) is 0 Å². The second kappa shape index (κ2) is 6.17. The minimum absolute atomic E-state index is 0.166. The van der Waals surface area contributed by atoms with Crippen molar-refractivity contribution in [3.8, 4) is 0 Å². The molecule has 0 bridgehead atoms. The zero-order valence-electron chi connectivity index (χ0n) is 11.9. The molecule has 21 heavy (non-hydrogen) atoms. The molecular weight excluding hydrogens is 352 g/mol. The summed E-state index contributed by atoms with van der Waals surface area (Å²) in [5, 5.41) is 0. The second-order valence-corrected chi connectivity index (χ2v) is 7.51. The highest BCUT2D eigenvalue weighted by molar-refractivity contribution is 9.10. The van der Waals surface area contributed by atoms with E-state index in [1.165, 1.54) is 0 Å². The first kappa shape index (κ1) is 16.0. The van der Waals surface area contributed by atoms with Crippen LogP contribution in [0.3, 0.4) is 0 Å². The molecule has 6 heteroatoms. The van der Waals surface area contributed by atoms with Gasteiger partial charge in [-0.15, -0.1) is 0 Å². The van der Waals surface area contributed by atoms with Crippen LogP contribution < -0.4 is 10.5 Å². The standard InChI is InChI=1S/C15H17BrN2O2S/c1-10-3-4-11(2)15(14(10)17)21(19,20)18-9-12-5-7-13(16)8-6-12/h3-8,18H,9,17H2,1-2H3. The number of aryl methyl sites for hydroxylation is 2. The summed E-state index contributed by atoms with van der Waals surface area (Å²) in [7, 11) is -3.64. The first-order valence-corrected chi connectivity index (χ1v) is 8.68. The minimum Gasteiger partial charge on any atom is -0.397 e. The van der Waals surface area contributed by atoms with E-state index in [-0.39, 0.29) is 11.4 Å². The molecule has 0 atom stereocenters. The molecule has 112 valence electrons. The van der Waals surface area contributed by atoms with Gasteiger partial charge in [0.25, 0.3) is 0 Å². The summed E-state index contributed by atoms with van der Waals surface area (Å²) < 4.78 is 28.5. The molecule has 0 aromatic heterocycles. The van der Waals surface area contributed by atoms with Gasteiger partial charge in [0.1, 0.15) is 4.90 Å². The van der Waals surface area contributed by atoms with Crippen molar-refractivity contribution in [2.45, 2.75) is 25.3 Å². The van der Waals surface area contributed by atoms with Gasteiger partial charge in [-0.1, -0.05) is 40.2 Å². The predicted octanol–water partition coefficient (Wildman–Crippen LogP) is 3.13. The molecule has 0 aliphatic carbocycles. The second-order valence-electron chi connectivity index (χ2n) is 4.89. The number of anilines is 1. The molecule has 2 rings (SSSR count). The summed E-state index contributed by atoms with van der Waals surface area (Å²) in [6.07, 6.45) is 0. The van der Waals surface area contributed by atoms with Crippen LogP contribution in [0.15, 0.2) is 45.8 Å². The van der Waals surface area contributed by atoms with E-state index in [4.69, 9.17) is 5.73 Å². The number of nitrogens with two attached hydrogens (primary N) is 1. The van der Waals surface area contributed by atoms with Crippen molar-refractivity contribution < 1.29 is 8.42 Å². The molecule has 2 aromatic rings. The van der Waals surface area contributed by atoms with E-state index in [2.05, 4.69) is 20.7 Å². The van der Waals surface area contributed by atoms with Crippen molar-refractivity contribution in [3.05, 3.63) is 57.6 Å². The molecular formula is C15H17BrN2O2S. The van der Waals surface area contributed by atoms with Crippen LogP contribution in [-0.2, 0) is 16.6 Å². The first-order valence-electron chi connectivity index (χ1n) is 6.41. The summed E-state index contributed by atoms with van der Waals surface area (Å²) in [4.78, 5) is 0.166. The lowest BCUT2D eigenvalue weighted by molar-refractivity contribution is 0.581. The fraction of sp³-hybridized carbons (Fsp3) is 0.200. The number of sulfonamides is 1. The maximum atomic E-state index is 12.5. The number of hydrogen-bond donors (Lipinski definition) is 2. The molecule has 0 saturated heterocycles. The third kappa shape index (κ3) is 3.64. The van der Waals surface area contributed by atoms with Crippen LogP contribution in [0.1, 0.15) is 16.7 Å². The Balaban J connectivity index is 2.27. The van der Waals surface area contributed by atoms with Crippen LogP contribution in [0.2, 0.25) is 0 Å². The molecule has 3 N–H and O–H groups in total. The first-order chi connectivity index (χ1) is 9.81. The van der Waals surface area contributed by atoms with Gasteiger partial charge in [0.15, 0.2) is 0 Å². The largest absolute Gasteiger partial charge is 0.397 e. The van der Waals surface area contributed by atoms with Crippen LogP contribution in [0.5, 0.6) is 0 Å². The normalized spacial score (nSPS) is 11.6. The van der Waals surface area contributed by atoms with Gasteiger partial charge in [-0.3, -0.25) is 0 Å². The molecule has 0 unspecified atom stereocenters. The highest BCUT2D eigenvalue weighted by Gasteiger charge is 2.20. The Bertz CT molecular complexity index is 756. The van der Waals surface area contributed by atoms with Crippen molar-refractivity contribution in [2.24, 2.45) is 0 Å². The van der Waals surface area contributed by atoms with Gasteiger partial charge in [0.05, 0.1) is 5.69 Å². The molecule has 0 radical (unpaired) electrons. The van der Waals surface area contributed by atoms with E-state index < -0.39 is 10.0 Å². The molecule has 0 fully saturated rings. The Morgan fingerprint density at radius 3 is 2.24 bits per heavy atom. The van der Waals surface area contributed by atoms with Gasteiger partial charge in [-0.25, -0.2) is 13.1 Å². The Morgan fingerprint density at radius 1 is 1.05 bits per heavy atom. The Kier molecular flexibility index (Phi) is 4.70. The molecule has 0 aliphatic rings. The Hall–Kier alpha value is -1.37. The van der Waals surface area contributed by atoms with Crippen LogP contribution in [-0.4, -0.2) is 8.42 Å². The topological polar surface area (TPSA) is 72.2 Å². The van der Waals surface area contributed by atoms with E-state index in [1.54, 1.807) is 19.9 Å². The van der Waals surface area contributed by atoms with Gasteiger partial charge in [0, 0.05) is 11.0 Å². The fourth-order valence-electron chi connectivity index (χ4n) is 2.02. The Labute approximate surface area is 133 Å². The number of hydrogen-bond acceptors (Lipinski definition) is 3. The molecule has 0 amide bonds. The molecule has 2 aromatic carbocycles. The zero-order chi connectivity index (χ0) is 15.6. The molecule has 0 heterocycles. The third-order valence-electron chi connectivity index (χ3n) is 3.26. The van der Waals surface area contributed by atoms with Gasteiger partial charge < -0.3 is 5.73 Å². The van der Waals surface area contributed by atoms with E-state index in [9.17, 15) is 8.42 Å². The van der Waals surface area contributed by atoms with Crippen LogP contribution in [0, 0.1) is 13.8 Å². The molecule has 4 nitrogen and oxygen atoms in total. The number of halogens is 1. The molecule has 0 saturated carbocycles. The number of rotatable bonds is 4. The van der Waals surface area contributed by atoms with E-state index in [0.717, 1.165) is 15.6 Å². The summed E-state index contributed by atoms with van der Waals surface area (Å²) in [5.41, 5.74) is 8.51. The lowest BCUT2D eigenvalue weighted by Crippen LogP contribution is -2.25.